The number of hydrogen-bond donors (Lipinski definition) is 2. The zero-order valence-electron chi connectivity index (χ0n) is 10.0. The zero-order valence-corrected chi connectivity index (χ0v) is 10.0. The van der Waals surface area contributed by atoms with Crippen LogP contribution in [-0.2, 0) is 0 Å². The van der Waals surface area contributed by atoms with E-state index in [0.29, 0.717) is 5.46 Å². The van der Waals surface area contributed by atoms with Gasteiger partial charge in [0.2, 0.25) is 0 Å². The van der Waals surface area contributed by atoms with Crippen LogP contribution in [0.2, 0.25) is 0 Å². The van der Waals surface area contributed by atoms with E-state index in [-0.39, 0.29) is 0 Å². The smallest absolute Gasteiger partial charge is 0.488 e. The molecule has 0 amide bonds. The molecule has 1 aliphatic rings. The van der Waals surface area contributed by atoms with Crippen molar-refractivity contribution >= 4 is 23.4 Å². The summed E-state index contributed by atoms with van der Waals surface area (Å²) in [5.41, 5.74) is 0.508. The molecule has 3 nitrogen and oxygen atoms in total. The van der Waals surface area contributed by atoms with Crippen LogP contribution < -0.4 is 10.2 Å². The molecule has 0 spiro atoms. The molecule has 1 saturated carbocycles. The first-order chi connectivity index (χ1) is 8.72. The minimum absolute atomic E-state index is 0.508. The van der Waals surface area contributed by atoms with Crippen LogP contribution in [0.3, 0.4) is 0 Å². The Balaban J connectivity index is 1.84. The predicted octanol–water partition coefficient (Wildman–Crippen LogP) is 1.31. The minimum Gasteiger partial charge on any atom is -0.493 e. The van der Waals surface area contributed by atoms with E-state index in [2.05, 4.69) is 0 Å². The van der Waals surface area contributed by atoms with Crippen molar-refractivity contribution in [3.05, 3.63) is 36.4 Å². The van der Waals surface area contributed by atoms with Gasteiger partial charge in [-0.3, -0.25) is 0 Å². The van der Waals surface area contributed by atoms with Gasteiger partial charge in [0.05, 0.1) is 6.61 Å². The summed E-state index contributed by atoms with van der Waals surface area (Å²) >= 11 is 0. The maximum absolute atomic E-state index is 9.12. The van der Waals surface area contributed by atoms with Gasteiger partial charge in [-0.15, -0.1) is 0 Å². The molecule has 18 heavy (non-hydrogen) atoms. The van der Waals surface area contributed by atoms with Gasteiger partial charge in [-0.25, -0.2) is 0 Å². The van der Waals surface area contributed by atoms with Crippen molar-refractivity contribution in [3.8, 4) is 5.75 Å². The lowest BCUT2D eigenvalue weighted by molar-refractivity contribution is 0.300. The number of ether oxygens (including phenoxy) is 1. The van der Waals surface area contributed by atoms with E-state index in [9.17, 15) is 0 Å². The standard InChI is InChI=1S/C14H15BO3/c16-15(17)13-5-3-12-8-14(6-4-11(12)7-13)18-9-10-1-2-10/h3-8,10,16-17H,1-2,9H2. The van der Waals surface area contributed by atoms with Crippen molar-refractivity contribution in [3.63, 3.8) is 0 Å². The van der Waals surface area contributed by atoms with Crippen molar-refractivity contribution in [1.82, 2.24) is 0 Å². The molecular weight excluding hydrogens is 227 g/mol. The molecule has 0 aliphatic heterocycles. The second kappa shape index (κ2) is 4.63. The molecule has 0 atom stereocenters. The first kappa shape index (κ1) is 11.6. The van der Waals surface area contributed by atoms with Gasteiger partial charge < -0.3 is 14.8 Å². The molecule has 0 bridgehead atoms. The molecule has 0 heterocycles. The number of hydrogen-bond acceptors (Lipinski definition) is 3. The molecule has 2 aromatic carbocycles. The second-order valence-corrected chi connectivity index (χ2v) is 4.90. The average molecular weight is 242 g/mol. The van der Waals surface area contributed by atoms with E-state index < -0.39 is 7.12 Å². The quantitative estimate of drug-likeness (QED) is 0.794. The van der Waals surface area contributed by atoms with E-state index in [1.807, 2.05) is 24.3 Å². The normalized spacial score (nSPS) is 14.8. The molecule has 0 unspecified atom stereocenters. The maximum Gasteiger partial charge on any atom is 0.488 e. The monoisotopic (exact) mass is 242 g/mol. The van der Waals surface area contributed by atoms with E-state index in [1.165, 1.54) is 12.8 Å². The highest BCUT2D eigenvalue weighted by Crippen LogP contribution is 2.30. The van der Waals surface area contributed by atoms with Crippen LogP contribution in [0.15, 0.2) is 36.4 Å². The summed E-state index contributed by atoms with van der Waals surface area (Å²) in [6, 6.07) is 11.3. The van der Waals surface area contributed by atoms with Crippen LogP contribution in [0.4, 0.5) is 0 Å². The highest BCUT2D eigenvalue weighted by atomic mass is 16.5. The summed E-state index contributed by atoms with van der Waals surface area (Å²) in [7, 11) is -1.42. The lowest BCUT2D eigenvalue weighted by atomic mass is 9.79. The first-order valence-electron chi connectivity index (χ1n) is 6.25. The van der Waals surface area contributed by atoms with Crippen LogP contribution in [0.1, 0.15) is 12.8 Å². The van der Waals surface area contributed by atoms with Crippen molar-refractivity contribution in [2.45, 2.75) is 12.8 Å². The molecule has 2 N–H and O–H groups in total. The highest BCUT2D eigenvalue weighted by Gasteiger charge is 2.21. The molecular formula is C14H15BO3. The Morgan fingerprint density at radius 2 is 1.78 bits per heavy atom. The third kappa shape index (κ3) is 2.50. The Hall–Kier alpha value is -1.52. The van der Waals surface area contributed by atoms with Gasteiger partial charge in [-0.05, 0) is 47.1 Å². The topological polar surface area (TPSA) is 49.7 Å². The van der Waals surface area contributed by atoms with E-state index >= 15 is 0 Å². The Labute approximate surface area is 106 Å². The van der Waals surface area contributed by atoms with Gasteiger partial charge in [0, 0.05) is 0 Å². The maximum atomic E-state index is 9.12. The van der Waals surface area contributed by atoms with Crippen molar-refractivity contribution in [1.29, 1.82) is 0 Å². The summed E-state index contributed by atoms with van der Waals surface area (Å²) in [6.07, 6.45) is 2.57. The van der Waals surface area contributed by atoms with Gasteiger partial charge in [0.15, 0.2) is 0 Å². The number of rotatable bonds is 4. The number of benzene rings is 2. The Morgan fingerprint density at radius 3 is 2.50 bits per heavy atom. The van der Waals surface area contributed by atoms with Crippen LogP contribution >= 0.6 is 0 Å². The molecule has 92 valence electrons. The minimum atomic E-state index is -1.42. The lowest BCUT2D eigenvalue weighted by Gasteiger charge is -2.07. The summed E-state index contributed by atoms with van der Waals surface area (Å²) in [5.74, 6) is 1.62. The average Bonchev–Trinajstić information content (AvgIpc) is 3.19. The van der Waals surface area contributed by atoms with Crippen LogP contribution in [-0.4, -0.2) is 23.8 Å². The summed E-state index contributed by atoms with van der Waals surface area (Å²) in [5, 5.41) is 20.3. The number of fused-ring (bicyclic) bond motifs is 1. The van der Waals surface area contributed by atoms with E-state index in [1.54, 1.807) is 12.1 Å². The summed E-state index contributed by atoms with van der Waals surface area (Å²) < 4.78 is 5.72. The fraction of sp³-hybridized carbons (Fsp3) is 0.286. The third-order valence-corrected chi connectivity index (χ3v) is 3.32. The highest BCUT2D eigenvalue weighted by molar-refractivity contribution is 6.58. The van der Waals surface area contributed by atoms with Gasteiger partial charge in [-0.1, -0.05) is 24.3 Å². The third-order valence-electron chi connectivity index (χ3n) is 3.32. The van der Waals surface area contributed by atoms with Gasteiger partial charge in [-0.2, -0.15) is 0 Å². The van der Waals surface area contributed by atoms with Gasteiger partial charge >= 0.3 is 7.12 Å². The molecule has 0 aromatic heterocycles. The van der Waals surface area contributed by atoms with Crippen molar-refractivity contribution < 1.29 is 14.8 Å². The summed E-state index contributed by atoms with van der Waals surface area (Å²) in [6.45, 7) is 0.805. The lowest BCUT2D eigenvalue weighted by Crippen LogP contribution is -2.29. The van der Waals surface area contributed by atoms with Gasteiger partial charge in [0.25, 0.3) is 0 Å². The fourth-order valence-electron chi connectivity index (χ4n) is 1.99. The second-order valence-electron chi connectivity index (χ2n) is 4.90. The molecule has 4 heteroatoms. The van der Waals surface area contributed by atoms with Gasteiger partial charge in [0.1, 0.15) is 5.75 Å². The molecule has 3 rings (SSSR count). The predicted molar refractivity (Wildman–Crippen MR) is 72.0 cm³/mol. The zero-order chi connectivity index (χ0) is 12.5. The Bertz CT molecular complexity index is 564. The Morgan fingerprint density at radius 1 is 1.06 bits per heavy atom. The largest absolute Gasteiger partial charge is 0.493 e. The molecule has 2 aromatic rings. The van der Waals surface area contributed by atoms with Crippen molar-refractivity contribution in [2.24, 2.45) is 5.92 Å². The van der Waals surface area contributed by atoms with E-state index in [0.717, 1.165) is 29.0 Å². The molecule has 0 radical (unpaired) electrons. The molecule has 1 aliphatic carbocycles. The van der Waals surface area contributed by atoms with Crippen LogP contribution in [0.5, 0.6) is 5.75 Å². The van der Waals surface area contributed by atoms with E-state index in [4.69, 9.17) is 14.8 Å². The SMILES string of the molecule is OB(O)c1ccc2cc(OCC3CC3)ccc2c1. The van der Waals surface area contributed by atoms with Crippen molar-refractivity contribution in [2.75, 3.05) is 6.61 Å². The first-order valence-corrected chi connectivity index (χ1v) is 6.25. The molecule has 0 saturated heterocycles. The van der Waals surface area contributed by atoms with Crippen LogP contribution in [0, 0.1) is 5.92 Å². The molecule has 1 fully saturated rings. The Kier molecular flexibility index (Phi) is 2.98. The van der Waals surface area contributed by atoms with Crippen LogP contribution in [0.25, 0.3) is 10.8 Å². The summed E-state index contributed by atoms with van der Waals surface area (Å²) in [4.78, 5) is 0. The fourth-order valence-corrected chi connectivity index (χ4v) is 1.99.